The van der Waals surface area contributed by atoms with Gasteiger partial charge < -0.3 is 4.74 Å². The van der Waals surface area contributed by atoms with Gasteiger partial charge in [0.25, 0.3) is 11.5 Å². The first kappa shape index (κ1) is 22.6. The summed E-state index contributed by atoms with van der Waals surface area (Å²) in [6, 6.07) is 9.50. The number of rotatable bonds is 7. The molecule has 1 aliphatic rings. The number of aryl methyl sites for hydroxylation is 1. The molecule has 1 N–H and O–H groups in total. The van der Waals surface area contributed by atoms with E-state index < -0.39 is 17.5 Å². The smallest absolute Gasteiger partial charge is 0.278 e. The summed E-state index contributed by atoms with van der Waals surface area (Å²) in [5, 5.41) is 11.0. The zero-order valence-corrected chi connectivity index (χ0v) is 18.6. The maximum Gasteiger partial charge on any atom is 0.278 e. The molecule has 2 amide bonds. The molecule has 2 aromatic carbocycles. The molecule has 2 heterocycles. The van der Waals surface area contributed by atoms with Crippen LogP contribution in [0.5, 0.6) is 5.75 Å². The number of piperidine rings is 1. The van der Waals surface area contributed by atoms with Crippen molar-refractivity contribution >= 4 is 40.1 Å². The van der Waals surface area contributed by atoms with Gasteiger partial charge in [-0.3, -0.25) is 24.5 Å². The highest BCUT2D eigenvalue weighted by Crippen LogP contribution is 2.25. The Morgan fingerprint density at radius 2 is 1.97 bits per heavy atom. The molecular formula is C23H21ClN4O5. The molecule has 3 aromatic rings. The first-order valence-electron chi connectivity index (χ1n) is 10.4. The maximum atomic E-state index is 12.8. The van der Waals surface area contributed by atoms with E-state index in [0.29, 0.717) is 34.5 Å². The third kappa shape index (κ3) is 4.93. The Bertz CT molecular complexity index is 1320. The van der Waals surface area contributed by atoms with Crippen molar-refractivity contribution in [3.8, 4) is 5.75 Å². The Morgan fingerprint density at radius 3 is 2.70 bits per heavy atom. The minimum Gasteiger partial charge on any atom is -0.495 e. The Hall–Kier alpha value is -3.59. The second kappa shape index (κ2) is 9.50. The molecule has 0 radical (unpaired) electrons. The van der Waals surface area contributed by atoms with E-state index in [2.05, 4.69) is 15.6 Å². The van der Waals surface area contributed by atoms with E-state index >= 15 is 0 Å². The summed E-state index contributed by atoms with van der Waals surface area (Å²) >= 11 is 6.12. The standard InChI is InChI=1S/C23H21ClN4O5/c1-33-20-8-4-14(11-17(20)24)10-15(29)5-2-13-3-6-16-18(12-13)26-27-28(23(16)32)19-7-9-21(30)25-22(19)31/h3-4,6,8,11-12,19H,2,5,7,9-10H2,1H3,(H,25,30,31). The predicted octanol–water partition coefficient (Wildman–Crippen LogP) is 2.18. The number of aromatic nitrogens is 3. The zero-order valence-electron chi connectivity index (χ0n) is 17.8. The quantitative estimate of drug-likeness (QED) is 0.527. The monoisotopic (exact) mass is 468 g/mol. The van der Waals surface area contributed by atoms with Gasteiger partial charge in [-0.2, -0.15) is 4.68 Å². The number of methoxy groups -OCH3 is 1. The summed E-state index contributed by atoms with van der Waals surface area (Å²) in [4.78, 5) is 48.7. The number of nitrogens with zero attached hydrogens (tertiary/aromatic N) is 3. The molecular weight excluding hydrogens is 448 g/mol. The summed E-state index contributed by atoms with van der Waals surface area (Å²) in [7, 11) is 1.53. The van der Waals surface area contributed by atoms with Crippen LogP contribution in [0.1, 0.15) is 36.4 Å². The highest BCUT2D eigenvalue weighted by atomic mass is 35.5. The summed E-state index contributed by atoms with van der Waals surface area (Å²) < 4.78 is 6.14. The molecule has 0 aliphatic carbocycles. The van der Waals surface area contributed by atoms with Gasteiger partial charge in [-0.25, -0.2) is 0 Å². The van der Waals surface area contributed by atoms with Crippen molar-refractivity contribution in [1.29, 1.82) is 0 Å². The van der Waals surface area contributed by atoms with Crippen LogP contribution in [0.25, 0.3) is 10.9 Å². The summed E-state index contributed by atoms with van der Waals surface area (Å²) in [6.45, 7) is 0. The van der Waals surface area contributed by atoms with Crippen molar-refractivity contribution in [2.24, 2.45) is 0 Å². The Morgan fingerprint density at radius 1 is 1.18 bits per heavy atom. The molecule has 1 aromatic heterocycles. The van der Waals surface area contributed by atoms with Gasteiger partial charge in [0, 0.05) is 19.3 Å². The average molecular weight is 469 g/mol. The van der Waals surface area contributed by atoms with Crippen LogP contribution in [0.15, 0.2) is 41.2 Å². The third-order valence-electron chi connectivity index (χ3n) is 5.56. The predicted molar refractivity (Wildman–Crippen MR) is 120 cm³/mol. The molecule has 1 fully saturated rings. The van der Waals surface area contributed by atoms with E-state index in [9.17, 15) is 19.2 Å². The van der Waals surface area contributed by atoms with Gasteiger partial charge in [-0.1, -0.05) is 28.9 Å². The average Bonchev–Trinajstić information content (AvgIpc) is 2.79. The van der Waals surface area contributed by atoms with Crippen molar-refractivity contribution in [2.45, 2.75) is 38.1 Å². The van der Waals surface area contributed by atoms with Crippen molar-refractivity contribution in [3.05, 3.63) is 62.9 Å². The van der Waals surface area contributed by atoms with Crippen LogP contribution >= 0.6 is 11.6 Å². The third-order valence-corrected chi connectivity index (χ3v) is 5.86. The number of imide groups is 1. The van der Waals surface area contributed by atoms with E-state index in [0.717, 1.165) is 15.8 Å². The highest BCUT2D eigenvalue weighted by molar-refractivity contribution is 6.32. The summed E-state index contributed by atoms with van der Waals surface area (Å²) in [5.74, 6) is -0.319. The zero-order chi connectivity index (χ0) is 23.5. The van der Waals surface area contributed by atoms with Crippen LogP contribution < -0.4 is 15.6 Å². The fraction of sp³-hybridized carbons (Fsp3) is 0.304. The molecule has 1 aliphatic heterocycles. The lowest BCUT2D eigenvalue weighted by Gasteiger charge is -2.21. The molecule has 9 nitrogen and oxygen atoms in total. The van der Waals surface area contributed by atoms with Crippen molar-refractivity contribution in [2.75, 3.05) is 7.11 Å². The lowest BCUT2D eigenvalue weighted by molar-refractivity contribution is -0.136. The molecule has 1 atom stereocenters. The molecule has 4 rings (SSSR count). The number of fused-ring (bicyclic) bond motifs is 1. The van der Waals surface area contributed by atoms with Gasteiger partial charge in [-0.15, -0.1) is 5.10 Å². The van der Waals surface area contributed by atoms with Gasteiger partial charge in [0.15, 0.2) is 0 Å². The molecule has 1 unspecified atom stereocenters. The second-order valence-electron chi connectivity index (χ2n) is 7.84. The Balaban J connectivity index is 1.44. The number of benzene rings is 2. The molecule has 0 bridgehead atoms. The largest absolute Gasteiger partial charge is 0.495 e. The number of hydrogen-bond donors (Lipinski definition) is 1. The molecule has 170 valence electrons. The van der Waals surface area contributed by atoms with Crippen molar-refractivity contribution in [1.82, 2.24) is 20.3 Å². The van der Waals surface area contributed by atoms with Crippen molar-refractivity contribution < 1.29 is 19.1 Å². The number of ether oxygens (including phenoxy) is 1. The Labute approximate surface area is 193 Å². The van der Waals surface area contributed by atoms with Gasteiger partial charge in [0.1, 0.15) is 23.1 Å². The van der Waals surface area contributed by atoms with Gasteiger partial charge in [0.05, 0.1) is 17.5 Å². The molecule has 1 saturated heterocycles. The topological polar surface area (TPSA) is 120 Å². The number of hydrogen-bond acceptors (Lipinski definition) is 7. The number of Topliss-reactive ketones (excluding diaryl/α,β-unsaturated/α-hetero) is 1. The molecule has 33 heavy (non-hydrogen) atoms. The van der Waals surface area contributed by atoms with Crippen LogP contribution in [0.3, 0.4) is 0 Å². The fourth-order valence-corrected chi connectivity index (χ4v) is 4.08. The fourth-order valence-electron chi connectivity index (χ4n) is 3.80. The van der Waals surface area contributed by atoms with Crippen LogP contribution in [0.4, 0.5) is 0 Å². The van der Waals surface area contributed by atoms with Gasteiger partial charge in [0.2, 0.25) is 5.91 Å². The minimum absolute atomic E-state index is 0.0516. The lowest BCUT2D eigenvalue weighted by atomic mass is 10.0. The van der Waals surface area contributed by atoms with E-state index in [-0.39, 0.29) is 31.0 Å². The summed E-state index contributed by atoms with van der Waals surface area (Å²) in [5.41, 5.74) is 1.59. The second-order valence-corrected chi connectivity index (χ2v) is 8.25. The minimum atomic E-state index is -0.865. The van der Waals surface area contributed by atoms with Crippen LogP contribution in [-0.4, -0.2) is 39.7 Å². The van der Waals surface area contributed by atoms with E-state index in [1.54, 1.807) is 30.3 Å². The lowest BCUT2D eigenvalue weighted by Crippen LogP contribution is -2.45. The SMILES string of the molecule is COc1ccc(CC(=O)CCc2ccc3c(=O)n(C4CCC(=O)NC4=O)nnc3c2)cc1Cl. The number of carbonyl (C=O) groups is 3. The number of ketones is 1. The van der Waals surface area contributed by atoms with Crippen molar-refractivity contribution in [3.63, 3.8) is 0 Å². The highest BCUT2D eigenvalue weighted by Gasteiger charge is 2.30. The number of carbonyl (C=O) groups excluding carboxylic acids is 3. The molecule has 0 saturated carbocycles. The normalized spacial score (nSPS) is 16.0. The van der Waals surface area contributed by atoms with E-state index in [4.69, 9.17) is 16.3 Å². The summed E-state index contributed by atoms with van der Waals surface area (Å²) in [6.07, 6.45) is 1.39. The van der Waals surface area contributed by atoms with Gasteiger partial charge >= 0.3 is 0 Å². The number of nitrogens with one attached hydrogen (secondary N) is 1. The first-order chi connectivity index (χ1) is 15.9. The Kier molecular flexibility index (Phi) is 6.50. The maximum absolute atomic E-state index is 12.8. The number of halogens is 1. The molecule has 10 heteroatoms. The van der Waals surface area contributed by atoms with Crippen LogP contribution in [-0.2, 0) is 27.2 Å². The van der Waals surface area contributed by atoms with Crippen LogP contribution in [0.2, 0.25) is 5.02 Å². The van der Waals surface area contributed by atoms with E-state index in [1.807, 2.05) is 6.07 Å². The number of amides is 2. The first-order valence-corrected chi connectivity index (χ1v) is 10.8. The van der Waals surface area contributed by atoms with E-state index in [1.165, 1.54) is 7.11 Å². The van der Waals surface area contributed by atoms with Gasteiger partial charge in [-0.05, 0) is 48.2 Å². The van der Waals surface area contributed by atoms with Crippen LogP contribution in [0, 0.1) is 0 Å². The molecule has 0 spiro atoms.